The fourth-order valence-electron chi connectivity index (χ4n) is 2.58. The molecule has 0 bridgehead atoms. The van der Waals surface area contributed by atoms with Gasteiger partial charge in [0.15, 0.2) is 0 Å². The van der Waals surface area contributed by atoms with Gasteiger partial charge in [0.2, 0.25) is 0 Å². The van der Waals surface area contributed by atoms with E-state index in [1.165, 1.54) is 0 Å². The van der Waals surface area contributed by atoms with E-state index >= 15 is 0 Å². The summed E-state index contributed by atoms with van der Waals surface area (Å²) >= 11 is 11.9. The van der Waals surface area contributed by atoms with Crippen molar-refractivity contribution >= 4 is 35.1 Å². The molecule has 2 saturated heterocycles. The predicted octanol–water partition coefficient (Wildman–Crippen LogP) is 1.85. The molecule has 1 unspecified atom stereocenters. The van der Waals surface area contributed by atoms with Crippen molar-refractivity contribution in [2.45, 2.75) is 19.0 Å². The minimum atomic E-state index is -1.65. The Morgan fingerprint density at radius 1 is 1.29 bits per heavy atom. The van der Waals surface area contributed by atoms with Crippen LogP contribution in [0.15, 0.2) is 18.2 Å². The first-order valence-corrected chi connectivity index (χ1v) is 8.07. The van der Waals surface area contributed by atoms with Crippen LogP contribution < -0.4 is 4.74 Å². The largest absolute Gasteiger partial charge is 0.488 e. The molecule has 0 aliphatic carbocycles. The maximum atomic E-state index is 11.2. The Morgan fingerprint density at radius 3 is 2.67 bits per heavy atom. The van der Waals surface area contributed by atoms with Crippen LogP contribution in [0.4, 0.5) is 0 Å². The van der Waals surface area contributed by atoms with Gasteiger partial charge in [-0.25, -0.2) is 9.59 Å². The molecule has 1 aromatic rings. The number of benzene rings is 1. The Hall–Kier alpha value is -1.54. The van der Waals surface area contributed by atoms with Crippen LogP contribution in [0.3, 0.4) is 0 Å². The minimum absolute atomic E-state index is 0.118. The highest BCUT2D eigenvalue weighted by Crippen LogP contribution is 2.30. The molecular formula is C15H15Cl2NO6. The van der Waals surface area contributed by atoms with Gasteiger partial charge in [-0.05, 0) is 25.1 Å². The number of hydrogen-bond donors (Lipinski definition) is 0. The number of halogens is 2. The van der Waals surface area contributed by atoms with Crippen LogP contribution in [0.2, 0.25) is 10.0 Å². The molecule has 2 fully saturated rings. The molecule has 2 aliphatic rings. The lowest BCUT2D eigenvalue weighted by molar-refractivity contribution is -0.339. The first-order chi connectivity index (χ1) is 11.4. The van der Waals surface area contributed by atoms with Crippen molar-refractivity contribution in [2.24, 2.45) is 0 Å². The van der Waals surface area contributed by atoms with Crippen LogP contribution >= 0.6 is 23.2 Å². The lowest BCUT2D eigenvalue weighted by Crippen LogP contribution is -2.54. The lowest BCUT2D eigenvalue weighted by Gasteiger charge is -2.37. The van der Waals surface area contributed by atoms with Gasteiger partial charge in [-0.2, -0.15) is 0 Å². The summed E-state index contributed by atoms with van der Waals surface area (Å²) in [4.78, 5) is 24.4. The standard InChI is InChI=1S/C15H15Cl2NO6/c1-9(22-12-3-2-10(16)6-11(12)17)7-18-4-5-21-15(8-18)23-13(19)14(20)24-15/h2-3,6,9H,4-5,7-8H2,1H3. The quantitative estimate of drug-likeness (QED) is 0.587. The zero-order valence-electron chi connectivity index (χ0n) is 12.8. The molecule has 0 aromatic heterocycles. The maximum Gasteiger partial charge on any atom is 0.422 e. The highest BCUT2D eigenvalue weighted by Gasteiger charge is 2.53. The fraction of sp³-hybridized carbons (Fsp3) is 0.467. The van der Waals surface area contributed by atoms with E-state index in [-0.39, 0.29) is 19.3 Å². The Morgan fingerprint density at radius 2 is 2.00 bits per heavy atom. The summed E-state index contributed by atoms with van der Waals surface area (Å²) in [6.07, 6.45) is -0.216. The Labute approximate surface area is 148 Å². The zero-order valence-corrected chi connectivity index (χ0v) is 14.3. The molecule has 2 heterocycles. The summed E-state index contributed by atoms with van der Waals surface area (Å²) in [7, 11) is 0. The number of ether oxygens (including phenoxy) is 4. The van der Waals surface area contributed by atoms with Crippen LogP contribution in [-0.2, 0) is 23.8 Å². The summed E-state index contributed by atoms with van der Waals surface area (Å²) in [6.45, 7) is 3.33. The SMILES string of the molecule is CC(CN1CCOC2(C1)OC(=O)C(=O)O2)Oc1ccc(Cl)cc1Cl. The first kappa shape index (κ1) is 17.3. The molecule has 24 heavy (non-hydrogen) atoms. The number of hydrogen-bond acceptors (Lipinski definition) is 7. The normalized spacial score (nSPS) is 21.5. The smallest absolute Gasteiger partial charge is 0.422 e. The molecule has 1 aromatic carbocycles. The highest BCUT2D eigenvalue weighted by atomic mass is 35.5. The second kappa shape index (κ2) is 6.76. The summed E-state index contributed by atoms with van der Waals surface area (Å²) in [6, 6.07) is 4.99. The summed E-state index contributed by atoms with van der Waals surface area (Å²) in [5.41, 5.74) is 0. The monoisotopic (exact) mass is 375 g/mol. The summed E-state index contributed by atoms with van der Waals surface area (Å²) in [5, 5.41) is 0.950. The zero-order chi connectivity index (χ0) is 17.3. The summed E-state index contributed by atoms with van der Waals surface area (Å²) in [5.74, 6) is -3.22. The molecule has 1 spiro atoms. The maximum absolute atomic E-state index is 11.2. The molecule has 2 aliphatic heterocycles. The number of morpholine rings is 1. The predicted molar refractivity (Wildman–Crippen MR) is 83.9 cm³/mol. The van der Waals surface area contributed by atoms with Gasteiger partial charge in [0.1, 0.15) is 18.4 Å². The van der Waals surface area contributed by atoms with Crippen molar-refractivity contribution < 1.29 is 28.5 Å². The number of esters is 2. The average Bonchev–Trinajstić information content (AvgIpc) is 2.76. The lowest BCUT2D eigenvalue weighted by atomic mass is 10.3. The van der Waals surface area contributed by atoms with E-state index in [4.69, 9.17) is 42.1 Å². The van der Waals surface area contributed by atoms with Crippen molar-refractivity contribution in [3.8, 4) is 5.75 Å². The third-order valence-corrected chi connectivity index (χ3v) is 4.08. The molecule has 7 nitrogen and oxygen atoms in total. The van der Waals surface area contributed by atoms with E-state index in [2.05, 4.69) is 0 Å². The van der Waals surface area contributed by atoms with E-state index in [0.29, 0.717) is 28.9 Å². The van der Waals surface area contributed by atoms with E-state index in [1.807, 2.05) is 11.8 Å². The summed E-state index contributed by atoms with van der Waals surface area (Å²) < 4.78 is 21.0. The van der Waals surface area contributed by atoms with Gasteiger partial charge in [-0.15, -0.1) is 0 Å². The fourth-order valence-corrected chi connectivity index (χ4v) is 3.04. The molecule has 0 saturated carbocycles. The molecular weight excluding hydrogens is 361 g/mol. The van der Waals surface area contributed by atoms with Crippen LogP contribution in [0.25, 0.3) is 0 Å². The molecule has 0 N–H and O–H groups in total. The first-order valence-electron chi connectivity index (χ1n) is 7.31. The third-order valence-electron chi connectivity index (χ3n) is 3.55. The Balaban J connectivity index is 1.59. The Bertz CT molecular complexity index is 651. The topological polar surface area (TPSA) is 74.3 Å². The molecule has 3 rings (SSSR count). The van der Waals surface area contributed by atoms with Crippen LogP contribution in [0.5, 0.6) is 5.75 Å². The van der Waals surface area contributed by atoms with Crippen LogP contribution in [0, 0.1) is 0 Å². The van der Waals surface area contributed by atoms with E-state index in [0.717, 1.165) is 0 Å². The molecule has 9 heteroatoms. The van der Waals surface area contributed by atoms with Gasteiger partial charge < -0.3 is 18.9 Å². The van der Waals surface area contributed by atoms with Crippen LogP contribution in [-0.4, -0.2) is 55.2 Å². The van der Waals surface area contributed by atoms with E-state index in [9.17, 15) is 9.59 Å². The number of carbonyl (C=O) groups is 2. The Kier molecular flexibility index (Phi) is 4.87. The molecule has 0 amide bonds. The van der Waals surface area contributed by atoms with Gasteiger partial charge in [-0.3, -0.25) is 4.90 Å². The van der Waals surface area contributed by atoms with Crippen molar-refractivity contribution in [3.63, 3.8) is 0 Å². The minimum Gasteiger partial charge on any atom is -0.488 e. The molecule has 1 atom stereocenters. The van der Waals surface area contributed by atoms with Gasteiger partial charge in [-0.1, -0.05) is 23.2 Å². The van der Waals surface area contributed by atoms with E-state index < -0.39 is 17.9 Å². The van der Waals surface area contributed by atoms with Crippen molar-refractivity contribution in [1.82, 2.24) is 4.90 Å². The second-order valence-corrected chi connectivity index (χ2v) is 6.39. The number of nitrogens with zero attached hydrogens (tertiary/aromatic N) is 1. The number of rotatable bonds is 4. The van der Waals surface area contributed by atoms with Gasteiger partial charge >= 0.3 is 17.9 Å². The van der Waals surface area contributed by atoms with Gasteiger partial charge in [0, 0.05) is 18.1 Å². The van der Waals surface area contributed by atoms with Gasteiger partial charge in [0.05, 0.1) is 11.6 Å². The molecule has 0 radical (unpaired) electrons. The second-order valence-electron chi connectivity index (χ2n) is 5.55. The van der Waals surface area contributed by atoms with Crippen LogP contribution in [0.1, 0.15) is 6.92 Å². The van der Waals surface area contributed by atoms with Crippen molar-refractivity contribution in [3.05, 3.63) is 28.2 Å². The average molecular weight is 376 g/mol. The van der Waals surface area contributed by atoms with Crippen molar-refractivity contribution in [2.75, 3.05) is 26.2 Å². The van der Waals surface area contributed by atoms with E-state index in [1.54, 1.807) is 18.2 Å². The van der Waals surface area contributed by atoms with Crippen molar-refractivity contribution in [1.29, 1.82) is 0 Å². The highest BCUT2D eigenvalue weighted by molar-refractivity contribution is 6.35. The molecule has 130 valence electrons. The number of carbonyl (C=O) groups excluding carboxylic acids is 2. The third kappa shape index (κ3) is 3.75. The van der Waals surface area contributed by atoms with Gasteiger partial charge in [0.25, 0.3) is 0 Å².